The Morgan fingerprint density at radius 2 is 2.08 bits per heavy atom. The Labute approximate surface area is 78.7 Å². The van der Waals surface area contributed by atoms with Crippen LogP contribution >= 0.6 is 0 Å². The topological polar surface area (TPSA) is 57.5 Å². The van der Waals surface area contributed by atoms with Gasteiger partial charge in [0.05, 0.1) is 13.6 Å². The number of likely N-dealkylation sites (N-methyl/N-ethyl adjacent to an activating group) is 1. The number of rotatable bonds is 5. The standard InChI is InChI=1S/C9H17NO3/c1-5-6-10(4,8(3)11)7(2)9(12)13/h5,7-8,11H,1,6H2,2-4H3/p+1. The molecule has 0 aromatic rings. The summed E-state index contributed by atoms with van der Waals surface area (Å²) in [7, 11) is 1.70. The lowest BCUT2D eigenvalue weighted by atomic mass is 10.2. The van der Waals surface area contributed by atoms with Gasteiger partial charge in [-0.05, 0) is 13.0 Å². The average molecular weight is 188 g/mol. The molecule has 0 aromatic carbocycles. The van der Waals surface area contributed by atoms with Gasteiger partial charge in [-0.15, -0.1) is 0 Å². The molecule has 0 aromatic heterocycles. The highest BCUT2D eigenvalue weighted by Gasteiger charge is 2.37. The lowest BCUT2D eigenvalue weighted by molar-refractivity contribution is -0.959. The van der Waals surface area contributed by atoms with Crippen molar-refractivity contribution in [1.82, 2.24) is 0 Å². The van der Waals surface area contributed by atoms with E-state index in [1.54, 1.807) is 27.0 Å². The second kappa shape index (κ2) is 4.39. The number of carbonyl (C=O) groups is 1. The van der Waals surface area contributed by atoms with Gasteiger partial charge in [-0.1, -0.05) is 6.58 Å². The van der Waals surface area contributed by atoms with Gasteiger partial charge in [-0.3, -0.25) is 4.48 Å². The fourth-order valence-corrected chi connectivity index (χ4v) is 1.16. The van der Waals surface area contributed by atoms with E-state index in [9.17, 15) is 9.90 Å². The molecule has 0 spiro atoms. The van der Waals surface area contributed by atoms with Crippen molar-refractivity contribution in [2.45, 2.75) is 26.1 Å². The molecule has 0 aliphatic heterocycles. The SMILES string of the molecule is C=CC[N+](C)(C(C)O)C(C)C(=O)O. The molecule has 3 atom stereocenters. The number of nitrogens with zero attached hydrogens (tertiary/aromatic N) is 1. The molecule has 0 aliphatic rings. The number of hydrogen-bond acceptors (Lipinski definition) is 2. The molecule has 0 bridgehead atoms. The molecule has 0 radical (unpaired) electrons. The van der Waals surface area contributed by atoms with Crippen LogP contribution in [0.2, 0.25) is 0 Å². The molecule has 0 saturated heterocycles. The number of carboxylic acids is 1. The molecule has 3 unspecified atom stereocenters. The first-order chi connectivity index (χ1) is 5.86. The van der Waals surface area contributed by atoms with E-state index < -0.39 is 18.2 Å². The van der Waals surface area contributed by atoms with E-state index in [4.69, 9.17) is 5.11 Å². The van der Waals surface area contributed by atoms with Crippen LogP contribution in [0.3, 0.4) is 0 Å². The maximum atomic E-state index is 10.8. The Kier molecular flexibility index (Phi) is 4.10. The highest BCUT2D eigenvalue weighted by molar-refractivity contribution is 5.71. The number of aliphatic carboxylic acids is 1. The zero-order valence-corrected chi connectivity index (χ0v) is 8.40. The van der Waals surface area contributed by atoms with E-state index in [1.807, 2.05) is 0 Å². The molecule has 76 valence electrons. The fraction of sp³-hybridized carbons (Fsp3) is 0.667. The molecule has 4 heteroatoms. The molecular formula is C9H18NO3+. The summed E-state index contributed by atoms with van der Waals surface area (Å²) in [6.07, 6.45) is 0.899. The third-order valence-electron chi connectivity index (χ3n) is 2.62. The van der Waals surface area contributed by atoms with E-state index in [0.29, 0.717) is 6.54 Å². The Bertz CT molecular complexity index is 203. The first-order valence-electron chi connectivity index (χ1n) is 4.23. The van der Waals surface area contributed by atoms with Crippen LogP contribution in [0.4, 0.5) is 0 Å². The van der Waals surface area contributed by atoms with Crippen molar-refractivity contribution in [3.8, 4) is 0 Å². The smallest absolute Gasteiger partial charge is 0.362 e. The molecule has 2 N–H and O–H groups in total. The van der Waals surface area contributed by atoms with Gasteiger partial charge in [0.15, 0.2) is 12.3 Å². The number of aliphatic hydroxyl groups excluding tert-OH is 1. The van der Waals surface area contributed by atoms with E-state index in [1.165, 1.54) is 0 Å². The van der Waals surface area contributed by atoms with E-state index in [-0.39, 0.29) is 4.48 Å². The summed E-state index contributed by atoms with van der Waals surface area (Å²) in [5.41, 5.74) is 0. The molecule has 13 heavy (non-hydrogen) atoms. The molecule has 4 nitrogen and oxygen atoms in total. The Morgan fingerprint density at radius 1 is 1.62 bits per heavy atom. The molecule has 0 heterocycles. The first-order valence-corrected chi connectivity index (χ1v) is 4.23. The average Bonchev–Trinajstić information content (AvgIpc) is 2.02. The lowest BCUT2D eigenvalue weighted by Gasteiger charge is -2.39. The van der Waals surface area contributed by atoms with Crippen molar-refractivity contribution in [2.24, 2.45) is 0 Å². The third kappa shape index (κ3) is 2.54. The molecule has 0 amide bonds. The first kappa shape index (κ1) is 12.1. The molecular weight excluding hydrogens is 170 g/mol. The second-order valence-corrected chi connectivity index (χ2v) is 3.46. The highest BCUT2D eigenvalue weighted by atomic mass is 16.4. The Morgan fingerprint density at radius 3 is 2.31 bits per heavy atom. The number of carboxylic acid groups (broad SMARTS) is 1. The van der Waals surface area contributed by atoms with E-state index >= 15 is 0 Å². The van der Waals surface area contributed by atoms with Crippen LogP contribution in [0, 0.1) is 0 Å². The van der Waals surface area contributed by atoms with Crippen LogP contribution < -0.4 is 0 Å². The van der Waals surface area contributed by atoms with Gasteiger partial charge in [0.25, 0.3) is 0 Å². The van der Waals surface area contributed by atoms with Gasteiger partial charge < -0.3 is 10.2 Å². The van der Waals surface area contributed by atoms with Crippen molar-refractivity contribution in [2.75, 3.05) is 13.6 Å². The summed E-state index contributed by atoms with van der Waals surface area (Å²) in [6.45, 7) is 7.15. The predicted molar refractivity (Wildman–Crippen MR) is 50.0 cm³/mol. The van der Waals surface area contributed by atoms with E-state index in [2.05, 4.69) is 6.58 Å². The monoisotopic (exact) mass is 188 g/mol. The molecule has 0 aliphatic carbocycles. The Hall–Kier alpha value is -0.870. The lowest BCUT2D eigenvalue weighted by Crippen LogP contribution is -2.59. The van der Waals surface area contributed by atoms with Crippen molar-refractivity contribution in [1.29, 1.82) is 0 Å². The van der Waals surface area contributed by atoms with Gasteiger partial charge in [0.2, 0.25) is 0 Å². The van der Waals surface area contributed by atoms with Gasteiger partial charge in [-0.2, -0.15) is 0 Å². The largest absolute Gasteiger partial charge is 0.477 e. The number of quaternary nitrogens is 1. The summed E-state index contributed by atoms with van der Waals surface area (Å²) in [5, 5.41) is 18.3. The van der Waals surface area contributed by atoms with Gasteiger partial charge >= 0.3 is 5.97 Å². The van der Waals surface area contributed by atoms with Gasteiger partial charge in [-0.25, -0.2) is 4.79 Å². The second-order valence-electron chi connectivity index (χ2n) is 3.46. The van der Waals surface area contributed by atoms with Crippen molar-refractivity contribution in [3.63, 3.8) is 0 Å². The summed E-state index contributed by atoms with van der Waals surface area (Å²) in [4.78, 5) is 10.8. The number of aliphatic hydroxyl groups is 1. The zero-order valence-electron chi connectivity index (χ0n) is 8.40. The van der Waals surface area contributed by atoms with Crippen molar-refractivity contribution >= 4 is 5.97 Å². The predicted octanol–water partition coefficient (Wildman–Crippen LogP) is 0.430. The fourth-order valence-electron chi connectivity index (χ4n) is 1.16. The maximum absolute atomic E-state index is 10.8. The Balaban J connectivity index is 4.76. The highest BCUT2D eigenvalue weighted by Crippen LogP contribution is 2.14. The normalized spacial score (nSPS) is 20.0. The van der Waals surface area contributed by atoms with Crippen molar-refractivity contribution < 1.29 is 19.5 Å². The molecule has 0 saturated carbocycles. The van der Waals surface area contributed by atoms with Gasteiger partial charge in [0, 0.05) is 6.92 Å². The zero-order chi connectivity index (χ0) is 10.6. The van der Waals surface area contributed by atoms with Crippen LogP contribution in [-0.4, -0.2) is 46.5 Å². The van der Waals surface area contributed by atoms with Crippen LogP contribution in [0.25, 0.3) is 0 Å². The molecule has 0 rings (SSSR count). The van der Waals surface area contributed by atoms with Gasteiger partial charge in [0.1, 0.15) is 0 Å². The summed E-state index contributed by atoms with van der Waals surface area (Å²) in [5.74, 6) is -0.912. The van der Waals surface area contributed by atoms with Crippen LogP contribution in [0.5, 0.6) is 0 Å². The summed E-state index contributed by atoms with van der Waals surface area (Å²) in [6, 6.07) is -0.641. The van der Waals surface area contributed by atoms with Crippen LogP contribution in [-0.2, 0) is 4.79 Å². The summed E-state index contributed by atoms with van der Waals surface area (Å²) >= 11 is 0. The third-order valence-corrected chi connectivity index (χ3v) is 2.62. The molecule has 0 fully saturated rings. The minimum atomic E-state index is -0.912. The maximum Gasteiger partial charge on any atom is 0.362 e. The van der Waals surface area contributed by atoms with Crippen LogP contribution in [0.1, 0.15) is 13.8 Å². The van der Waals surface area contributed by atoms with Crippen molar-refractivity contribution in [3.05, 3.63) is 12.7 Å². The number of hydrogen-bond donors (Lipinski definition) is 2. The van der Waals surface area contributed by atoms with E-state index in [0.717, 1.165) is 0 Å². The van der Waals surface area contributed by atoms with Crippen LogP contribution in [0.15, 0.2) is 12.7 Å². The summed E-state index contributed by atoms with van der Waals surface area (Å²) < 4.78 is 0.0544. The minimum Gasteiger partial charge on any atom is -0.477 e. The minimum absolute atomic E-state index is 0.0544. The quantitative estimate of drug-likeness (QED) is 0.374.